The van der Waals surface area contributed by atoms with E-state index in [4.69, 9.17) is 19.7 Å². The molecule has 8 nitrogen and oxygen atoms in total. The second-order valence-corrected chi connectivity index (χ2v) is 6.84. The molecule has 3 aromatic heterocycles. The highest BCUT2D eigenvalue weighted by molar-refractivity contribution is 5.77. The summed E-state index contributed by atoms with van der Waals surface area (Å²) in [5, 5.41) is 3.95. The van der Waals surface area contributed by atoms with E-state index in [1.165, 1.54) is 0 Å². The van der Waals surface area contributed by atoms with Gasteiger partial charge in [-0.2, -0.15) is 0 Å². The van der Waals surface area contributed by atoms with Gasteiger partial charge in [0.05, 0.1) is 11.3 Å². The number of nitrogens with zero attached hydrogens (tertiary/aromatic N) is 4. The Morgan fingerprint density at radius 1 is 1.22 bits per heavy atom. The number of hydrogen-bond acceptors (Lipinski definition) is 7. The minimum Gasteiger partial charge on any atom is -0.460 e. The number of anilines is 1. The lowest BCUT2D eigenvalue weighted by Gasteiger charge is -2.30. The van der Waals surface area contributed by atoms with Crippen LogP contribution in [0.25, 0.3) is 22.8 Å². The maximum absolute atomic E-state index is 11.4. The van der Waals surface area contributed by atoms with Crippen LogP contribution in [0, 0.1) is 19.8 Å². The molecule has 1 saturated heterocycles. The van der Waals surface area contributed by atoms with Crippen LogP contribution in [0.15, 0.2) is 33.3 Å². The van der Waals surface area contributed by atoms with E-state index in [-0.39, 0.29) is 11.8 Å². The normalized spacial score (nSPS) is 15.3. The molecule has 0 spiro atoms. The zero-order chi connectivity index (χ0) is 19.0. The summed E-state index contributed by atoms with van der Waals surface area (Å²) in [4.78, 5) is 22.7. The molecule has 4 heterocycles. The number of aromatic nitrogens is 3. The Hall–Kier alpha value is -3.16. The van der Waals surface area contributed by atoms with Gasteiger partial charge in [-0.25, -0.2) is 9.97 Å². The Kier molecular flexibility index (Phi) is 4.39. The number of furan rings is 1. The molecule has 1 aliphatic rings. The summed E-state index contributed by atoms with van der Waals surface area (Å²) in [5.74, 6) is 2.32. The summed E-state index contributed by atoms with van der Waals surface area (Å²) in [6.07, 6.45) is 3.14. The van der Waals surface area contributed by atoms with Gasteiger partial charge in [0.1, 0.15) is 11.5 Å². The monoisotopic (exact) mass is 367 g/mol. The Bertz CT molecular complexity index is 969. The average molecular weight is 367 g/mol. The van der Waals surface area contributed by atoms with Gasteiger partial charge in [0, 0.05) is 31.3 Å². The zero-order valence-electron chi connectivity index (χ0n) is 15.3. The molecule has 1 fully saturated rings. The third-order valence-electron chi connectivity index (χ3n) is 4.82. The van der Waals surface area contributed by atoms with Gasteiger partial charge in [0.2, 0.25) is 11.9 Å². The Labute approximate surface area is 156 Å². The third kappa shape index (κ3) is 3.42. The van der Waals surface area contributed by atoms with E-state index in [1.807, 2.05) is 32.0 Å². The summed E-state index contributed by atoms with van der Waals surface area (Å²) < 4.78 is 11.2. The van der Waals surface area contributed by atoms with E-state index >= 15 is 0 Å². The molecular weight excluding hydrogens is 346 g/mol. The van der Waals surface area contributed by atoms with Gasteiger partial charge < -0.3 is 19.6 Å². The van der Waals surface area contributed by atoms with E-state index in [0.717, 1.165) is 17.0 Å². The second-order valence-electron chi connectivity index (χ2n) is 6.84. The Morgan fingerprint density at radius 3 is 2.59 bits per heavy atom. The summed E-state index contributed by atoms with van der Waals surface area (Å²) in [7, 11) is 0. The lowest BCUT2D eigenvalue weighted by molar-refractivity contribution is -0.122. The van der Waals surface area contributed by atoms with Crippen LogP contribution in [0.3, 0.4) is 0 Å². The molecule has 3 aromatic rings. The molecule has 0 radical (unpaired) electrons. The molecule has 0 aromatic carbocycles. The zero-order valence-corrected chi connectivity index (χ0v) is 15.3. The first-order valence-electron chi connectivity index (χ1n) is 8.93. The molecule has 0 aliphatic carbocycles. The van der Waals surface area contributed by atoms with Gasteiger partial charge in [-0.05, 0) is 38.8 Å². The van der Waals surface area contributed by atoms with Crippen molar-refractivity contribution in [1.82, 2.24) is 15.1 Å². The average Bonchev–Trinajstić information content (AvgIpc) is 3.29. The van der Waals surface area contributed by atoms with Crippen molar-refractivity contribution in [1.29, 1.82) is 0 Å². The first kappa shape index (κ1) is 17.3. The van der Waals surface area contributed by atoms with Crippen LogP contribution < -0.4 is 10.6 Å². The summed E-state index contributed by atoms with van der Waals surface area (Å²) >= 11 is 0. The quantitative estimate of drug-likeness (QED) is 0.754. The second kappa shape index (κ2) is 6.86. The number of hydrogen-bond donors (Lipinski definition) is 1. The van der Waals surface area contributed by atoms with Crippen molar-refractivity contribution in [2.24, 2.45) is 11.7 Å². The van der Waals surface area contributed by atoms with Gasteiger partial charge in [-0.1, -0.05) is 5.16 Å². The van der Waals surface area contributed by atoms with Crippen molar-refractivity contribution in [3.8, 4) is 22.8 Å². The number of carbonyl (C=O) groups is 1. The predicted octanol–water partition coefficient (Wildman–Crippen LogP) is 2.71. The van der Waals surface area contributed by atoms with Crippen molar-refractivity contribution in [3.63, 3.8) is 0 Å². The maximum atomic E-state index is 11.4. The third-order valence-corrected chi connectivity index (χ3v) is 4.82. The van der Waals surface area contributed by atoms with Crippen molar-refractivity contribution < 1.29 is 13.7 Å². The first-order chi connectivity index (χ1) is 13.0. The summed E-state index contributed by atoms with van der Waals surface area (Å²) in [6, 6.07) is 5.62. The molecule has 0 saturated carbocycles. The Morgan fingerprint density at radius 2 is 2.00 bits per heavy atom. The van der Waals surface area contributed by atoms with Crippen LogP contribution in [-0.2, 0) is 4.79 Å². The molecule has 27 heavy (non-hydrogen) atoms. The van der Waals surface area contributed by atoms with Crippen LogP contribution in [0.5, 0.6) is 0 Å². The Balaban J connectivity index is 1.70. The topological polar surface area (TPSA) is 111 Å². The fourth-order valence-electron chi connectivity index (χ4n) is 3.31. The smallest absolute Gasteiger partial charge is 0.226 e. The molecule has 0 unspecified atom stereocenters. The summed E-state index contributed by atoms with van der Waals surface area (Å²) in [6.45, 7) is 5.12. The van der Waals surface area contributed by atoms with Gasteiger partial charge in [-0.3, -0.25) is 4.79 Å². The lowest BCUT2D eigenvalue weighted by atomic mass is 9.96. The van der Waals surface area contributed by atoms with Gasteiger partial charge >= 0.3 is 0 Å². The molecule has 4 rings (SSSR count). The molecule has 0 bridgehead atoms. The number of aryl methyl sites for hydroxylation is 2. The first-order valence-corrected chi connectivity index (χ1v) is 8.93. The van der Waals surface area contributed by atoms with Gasteiger partial charge in [0.25, 0.3) is 0 Å². The van der Waals surface area contributed by atoms with E-state index in [2.05, 4.69) is 15.0 Å². The van der Waals surface area contributed by atoms with Gasteiger partial charge in [-0.15, -0.1) is 0 Å². The number of amides is 1. The van der Waals surface area contributed by atoms with E-state index in [9.17, 15) is 4.79 Å². The van der Waals surface area contributed by atoms with Crippen LogP contribution in [-0.4, -0.2) is 34.1 Å². The molecule has 2 N–H and O–H groups in total. The lowest BCUT2D eigenvalue weighted by Crippen LogP contribution is -2.39. The fraction of sp³-hybridized carbons (Fsp3) is 0.368. The van der Waals surface area contributed by atoms with E-state index in [0.29, 0.717) is 49.1 Å². The van der Waals surface area contributed by atoms with Crippen molar-refractivity contribution in [2.75, 3.05) is 18.0 Å². The van der Waals surface area contributed by atoms with Gasteiger partial charge in [0.15, 0.2) is 11.5 Å². The largest absolute Gasteiger partial charge is 0.460 e. The SMILES string of the molecule is Cc1cc(-c2cnc(N3CCC(C(N)=O)CC3)nc2-c2ccc(C)o2)on1. The number of piperidine rings is 1. The van der Waals surface area contributed by atoms with Crippen LogP contribution in [0.4, 0.5) is 5.95 Å². The van der Waals surface area contributed by atoms with Crippen molar-refractivity contribution >= 4 is 11.9 Å². The molecular formula is C19H21N5O3. The number of rotatable bonds is 4. The molecule has 1 aliphatic heterocycles. The van der Waals surface area contributed by atoms with Crippen molar-refractivity contribution in [2.45, 2.75) is 26.7 Å². The molecule has 1 amide bonds. The number of nitrogens with two attached hydrogens (primary N) is 1. The maximum Gasteiger partial charge on any atom is 0.226 e. The van der Waals surface area contributed by atoms with E-state index < -0.39 is 0 Å². The highest BCUT2D eigenvalue weighted by Gasteiger charge is 2.26. The van der Waals surface area contributed by atoms with Crippen LogP contribution in [0.1, 0.15) is 24.3 Å². The van der Waals surface area contributed by atoms with E-state index in [1.54, 1.807) is 6.20 Å². The van der Waals surface area contributed by atoms with Crippen molar-refractivity contribution in [3.05, 3.63) is 35.9 Å². The highest BCUT2D eigenvalue weighted by Crippen LogP contribution is 2.33. The highest BCUT2D eigenvalue weighted by atomic mass is 16.5. The standard InChI is InChI=1S/C19H21N5O3/c1-11-9-16(27-23-11)14-10-21-19(22-17(14)15-4-3-12(2)26-15)24-7-5-13(6-8-24)18(20)25/h3-4,9-10,13H,5-8H2,1-2H3,(H2,20,25). The molecule has 140 valence electrons. The molecule has 0 atom stereocenters. The fourth-order valence-corrected chi connectivity index (χ4v) is 3.31. The predicted molar refractivity (Wildman–Crippen MR) is 98.8 cm³/mol. The number of carbonyl (C=O) groups excluding carboxylic acids is 1. The molecule has 8 heteroatoms. The minimum atomic E-state index is -0.238. The minimum absolute atomic E-state index is 0.0788. The van der Waals surface area contributed by atoms with Crippen LogP contribution in [0.2, 0.25) is 0 Å². The summed E-state index contributed by atoms with van der Waals surface area (Å²) in [5.41, 5.74) is 7.58. The number of primary amides is 1. The van der Waals surface area contributed by atoms with Crippen LogP contribution >= 0.6 is 0 Å².